The summed E-state index contributed by atoms with van der Waals surface area (Å²) in [5.41, 5.74) is -1.35. The average Bonchev–Trinajstić information content (AvgIpc) is 3.16. The molecule has 0 aliphatic carbocycles. The molecule has 4 rings (SSSR count). The lowest BCUT2D eigenvalue weighted by Gasteiger charge is -2.34. The Hall–Kier alpha value is -2.46. The Morgan fingerprint density at radius 2 is 1.83 bits per heavy atom. The maximum absolute atomic E-state index is 12.6. The van der Waals surface area contributed by atoms with Gasteiger partial charge in [-0.25, -0.2) is 4.79 Å². The van der Waals surface area contributed by atoms with E-state index >= 15 is 0 Å². The molecule has 0 unspecified atom stereocenters. The second kappa shape index (κ2) is 7.35. The van der Waals surface area contributed by atoms with E-state index in [1.54, 1.807) is 20.8 Å². The Morgan fingerprint density at radius 3 is 2.50 bits per heavy atom. The predicted octanol–water partition coefficient (Wildman–Crippen LogP) is 0.796. The van der Waals surface area contributed by atoms with Gasteiger partial charge in [-0.1, -0.05) is 17.7 Å². The van der Waals surface area contributed by atoms with Gasteiger partial charge >= 0.3 is 5.69 Å². The molecule has 2 aromatic rings. The first-order valence-corrected chi connectivity index (χ1v) is 9.82. The van der Waals surface area contributed by atoms with Crippen molar-refractivity contribution in [1.82, 2.24) is 9.55 Å². The first kappa shape index (κ1) is 20.8. The summed E-state index contributed by atoms with van der Waals surface area (Å²) in [5.74, 6) is -0.278. The fourth-order valence-electron chi connectivity index (χ4n) is 3.99. The van der Waals surface area contributed by atoms with Gasteiger partial charge in [0.25, 0.3) is 5.56 Å². The molecule has 3 heterocycles. The van der Waals surface area contributed by atoms with Gasteiger partial charge in [-0.3, -0.25) is 14.3 Å². The van der Waals surface area contributed by atoms with Crippen molar-refractivity contribution in [3.63, 3.8) is 0 Å². The molecule has 9 heteroatoms. The number of aliphatic hydroxyl groups is 1. The number of aryl methyl sites for hydroxylation is 2. The quantitative estimate of drug-likeness (QED) is 0.739. The van der Waals surface area contributed by atoms with Crippen LogP contribution in [0.1, 0.15) is 25.0 Å². The van der Waals surface area contributed by atoms with Crippen LogP contribution in [0.25, 0.3) is 0 Å². The molecule has 4 atom stereocenters. The second-order valence-electron chi connectivity index (χ2n) is 8.25. The minimum atomic E-state index is -1.56. The highest BCUT2D eigenvalue weighted by atomic mass is 16.8. The SMILES string of the molecule is Cc1ccc(OC[C@H]2O[C@@](CO)(n3cc(C)c(=O)[nH]c3=O)[C@@H]3OC(C)(C)O[C@@H]32)cc1. The number of H-pyrrole nitrogens is 1. The van der Waals surface area contributed by atoms with Crippen molar-refractivity contribution < 1.29 is 24.1 Å². The van der Waals surface area contributed by atoms with Crippen molar-refractivity contribution in [2.75, 3.05) is 13.2 Å². The van der Waals surface area contributed by atoms with Crippen LogP contribution in [0.3, 0.4) is 0 Å². The van der Waals surface area contributed by atoms with Gasteiger partial charge in [0.15, 0.2) is 5.79 Å². The van der Waals surface area contributed by atoms with Gasteiger partial charge in [0, 0.05) is 11.8 Å². The molecule has 0 amide bonds. The maximum Gasteiger partial charge on any atom is 0.330 e. The maximum atomic E-state index is 12.6. The molecular weight excluding hydrogens is 392 g/mol. The third-order valence-electron chi connectivity index (χ3n) is 5.49. The van der Waals surface area contributed by atoms with Crippen LogP contribution >= 0.6 is 0 Å². The lowest BCUT2D eigenvalue weighted by Crippen LogP contribution is -2.54. The van der Waals surface area contributed by atoms with Crippen LogP contribution in [0.15, 0.2) is 40.1 Å². The molecule has 162 valence electrons. The molecule has 1 aromatic carbocycles. The number of hydrogen-bond acceptors (Lipinski definition) is 7. The highest BCUT2D eigenvalue weighted by molar-refractivity contribution is 5.26. The summed E-state index contributed by atoms with van der Waals surface area (Å²) in [6.07, 6.45) is -0.625. The van der Waals surface area contributed by atoms with E-state index in [1.165, 1.54) is 10.8 Å². The number of fused-ring (bicyclic) bond motifs is 1. The van der Waals surface area contributed by atoms with Crippen molar-refractivity contribution in [3.8, 4) is 5.75 Å². The lowest BCUT2D eigenvalue weighted by atomic mass is 10.0. The van der Waals surface area contributed by atoms with Gasteiger partial charge in [0.2, 0.25) is 5.72 Å². The molecule has 0 radical (unpaired) electrons. The van der Waals surface area contributed by atoms with Crippen LogP contribution in [0.2, 0.25) is 0 Å². The normalized spacial score (nSPS) is 29.7. The molecule has 1 aromatic heterocycles. The van der Waals surface area contributed by atoms with Crippen molar-refractivity contribution in [2.45, 2.75) is 57.5 Å². The fourth-order valence-corrected chi connectivity index (χ4v) is 3.99. The lowest BCUT2D eigenvalue weighted by molar-refractivity contribution is -0.243. The Bertz CT molecular complexity index is 1040. The van der Waals surface area contributed by atoms with Gasteiger partial charge in [-0.15, -0.1) is 0 Å². The van der Waals surface area contributed by atoms with Crippen LogP contribution in [0, 0.1) is 13.8 Å². The van der Waals surface area contributed by atoms with E-state index < -0.39 is 47.7 Å². The number of aromatic amines is 1. The highest BCUT2D eigenvalue weighted by Crippen LogP contribution is 2.46. The first-order valence-electron chi connectivity index (χ1n) is 9.82. The number of rotatable bonds is 5. The number of hydrogen-bond donors (Lipinski definition) is 2. The summed E-state index contributed by atoms with van der Waals surface area (Å²) in [4.78, 5) is 26.7. The van der Waals surface area contributed by atoms with Crippen LogP contribution < -0.4 is 16.0 Å². The van der Waals surface area contributed by atoms with Gasteiger partial charge in [0.1, 0.15) is 30.7 Å². The Morgan fingerprint density at radius 1 is 1.13 bits per heavy atom. The Balaban J connectivity index is 1.69. The van der Waals surface area contributed by atoms with Crippen molar-refractivity contribution in [1.29, 1.82) is 0 Å². The third-order valence-corrected chi connectivity index (χ3v) is 5.49. The van der Waals surface area contributed by atoms with E-state index in [0.717, 1.165) is 5.56 Å². The molecular formula is C21H26N2O7. The minimum absolute atomic E-state index is 0.127. The molecule has 2 fully saturated rings. The summed E-state index contributed by atoms with van der Waals surface area (Å²) in [6.45, 7) is 6.64. The summed E-state index contributed by atoms with van der Waals surface area (Å²) < 4.78 is 25.3. The number of ether oxygens (including phenoxy) is 4. The largest absolute Gasteiger partial charge is 0.491 e. The number of aliphatic hydroxyl groups excluding tert-OH is 1. The zero-order valence-corrected chi connectivity index (χ0v) is 17.4. The van der Waals surface area contributed by atoms with Gasteiger partial charge in [-0.2, -0.15) is 0 Å². The van der Waals surface area contributed by atoms with E-state index in [4.69, 9.17) is 18.9 Å². The number of nitrogens with zero attached hydrogens (tertiary/aromatic N) is 1. The van der Waals surface area contributed by atoms with Crippen molar-refractivity contribution in [2.24, 2.45) is 0 Å². The molecule has 0 saturated carbocycles. The Kier molecular flexibility index (Phi) is 5.09. The summed E-state index contributed by atoms with van der Waals surface area (Å²) in [7, 11) is 0. The van der Waals surface area contributed by atoms with E-state index in [9.17, 15) is 14.7 Å². The smallest absolute Gasteiger partial charge is 0.330 e. The van der Waals surface area contributed by atoms with E-state index in [0.29, 0.717) is 11.3 Å². The van der Waals surface area contributed by atoms with E-state index in [1.807, 2.05) is 31.2 Å². The van der Waals surface area contributed by atoms with Crippen LogP contribution in [0.4, 0.5) is 0 Å². The summed E-state index contributed by atoms with van der Waals surface area (Å²) in [6, 6.07) is 7.58. The first-order chi connectivity index (χ1) is 14.1. The third kappa shape index (κ3) is 3.47. The van der Waals surface area contributed by atoms with Crippen LogP contribution in [-0.4, -0.2) is 52.0 Å². The zero-order chi connectivity index (χ0) is 21.7. The topological polar surface area (TPSA) is 112 Å². The van der Waals surface area contributed by atoms with Crippen molar-refractivity contribution in [3.05, 3.63) is 62.4 Å². The predicted molar refractivity (Wildman–Crippen MR) is 106 cm³/mol. The van der Waals surface area contributed by atoms with Gasteiger partial charge in [-0.05, 0) is 39.8 Å². The van der Waals surface area contributed by atoms with Gasteiger partial charge < -0.3 is 24.1 Å². The van der Waals surface area contributed by atoms with Crippen LogP contribution in [0.5, 0.6) is 5.75 Å². The molecule has 2 aliphatic rings. The standard InChI is InChI=1S/C21H26N2O7/c1-12-5-7-14(8-6-12)27-10-15-16-17(30-20(3,4)29-16)21(11-24,28-15)23-9-13(2)18(25)22-19(23)26/h5-9,15-17,24H,10-11H2,1-4H3,(H,22,25,26)/t15-,16-,17-,21-/m1/s1. The summed E-state index contributed by atoms with van der Waals surface area (Å²) in [5, 5.41) is 10.4. The number of nitrogens with one attached hydrogen (secondary N) is 1. The molecule has 30 heavy (non-hydrogen) atoms. The fraction of sp³-hybridized carbons (Fsp3) is 0.524. The highest BCUT2D eigenvalue weighted by Gasteiger charge is 2.64. The average molecular weight is 418 g/mol. The molecule has 9 nitrogen and oxygen atoms in total. The van der Waals surface area contributed by atoms with Crippen molar-refractivity contribution >= 4 is 0 Å². The molecule has 2 saturated heterocycles. The van der Waals surface area contributed by atoms with Gasteiger partial charge in [0.05, 0.1) is 6.61 Å². The molecule has 0 spiro atoms. The molecule has 2 N–H and O–H groups in total. The second-order valence-corrected chi connectivity index (χ2v) is 8.25. The molecule has 0 bridgehead atoms. The summed E-state index contributed by atoms with van der Waals surface area (Å²) >= 11 is 0. The number of benzene rings is 1. The minimum Gasteiger partial charge on any atom is -0.491 e. The van der Waals surface area contributed by atoms with E-state index in [2.05, 4.69) is 4.98 Å². The molecule has 2 aliphatic heterocycles. The van der Waals surface area contributed by atoms with Crippen LogP contribution in [-0.2, 0) is 19.9 Å². The number of aromatic nitrogens is 2. The van der Waals surface area contributed by atoms with E-state index in [-0.39, 0.29) is 6.61 Å². The Labute approximate surface area is 173 Å². The zero-order valence-electron chi connectivity index (χ0n) is 17.4. The monoisotopic (exact) mass is 418 g/mol.